The van der Waals surface area contributed by atoms with Crippen molar-refractivity contribution < 1.29 is 14.3 Å². The van der Waals surface area contributed by atoms with Gasteiger partial charge in [-0.2, -0.15) is 5.10 Å². The van der Waals surface area contributed by atoms with Crippen molar-refractivity contribution in [3.8, 4) is 11.4 Å². The number of fused-ring (bicyclic) bond motifs is 1. The summed E-state index contributed by atoms with van der Waals surface area (Å²) in [5, 5.41) is 7.05. The van der Waals surface area contributed by atoms with Crippen LogP contribution in [-0.4, -0.2) is 39.2 Å². The molecule has 2 heterocycles. The fraction of sp³-hybridized carbons (Fsp3) is 0.238. The van der Waals surface area contributed by atoms with Gasteiger partial charge >= 0.3 is 0 Å². The zero-order chi connectivity index (χ0) is 20.4. The van der Waals surface area contributed by atoms with E-state index in [0.717, 1.165) is 11.3 Å². The molecular formula is C21H21N5O3. The smallest absolute Gasteiger partial charge is 0.268 e. The standard InChI is InChI=1S/C21H21N5O3/c1-14(16-7-9-17(10-8-16)26-13-22-12-23-26)24-20(27)11-25-18-5-3-4-6-19(18)29-15(2)21(25)28/h3-10,12-15H,11H2,1-2H3,(H,24,27)/t14-,15-/m0/s1. The monoisotopic (exact) mass is 391 g/mol. The van der Waals surface area contributed by atoms with E-state index in [1.807, 2.05) is 43.3 Å². The van der Waals surface area contributed by atoms with E-state index in [0.29, 0.717) is 11.4 Å². The molecule has 2 atom stereocenters. The Morgan fingerprint density at radius 3 is 2.69 bits per heavy atom. The fourth-order valence-electron chi connectivity index (χ4n) is 3.29. The van der Waals surface area contributed by atoms with E-state index in [-0.39, 0.29) is 24.4 Å². The van der Waals surface area contributed by atoms with Crippen LogP contribution in [0.4, 0.5) is 5.69 Å². The zero-order valence-electron chi connectivity index (χ0n) is 16.1. The zero-order valence-corrected chi connectivity index (χ0v) is 16.1. The topological polar surface area (TPSA) is 89.3 Å². The maximum atomic E-state index is 12.6. The molecule has 1 N–H and O–H groups in total. The maximum Gasteiger partial charge on any atom is 0.268 e. The minimum Gasteiger partial charge on any atom is -0.479 e. The van der Waals surface area contributed by atoms with Crippen molar-refractivity contribution in [3.05, 3.63) is 66.7 Å². The first kappa shape index (κ1) is 18.7. The molecule has 1 aromatic heterocycles. The van der Waals surface area contributed by atoms with Gasteiger partial charge in [0.1, 0.15) is 24.9 Å². The lowest BCUT2D eigenvalue weighted by Crippen LogP contribution is -2.49. The molecule has 1 aliphatic heterocycles. The molecule has 2 aromatic carbocycles. The lowest BCUT2D eigenvalue weighted by Gasteiger charge is -2.32. The summed E-state index contributed by atoms with van der Waals surface area (Å²) >= 11 is 0. The third-order valence-electron chi connectivity index (χ3n) is 4.83. The predicted molar refractivity (Wildman–Crippen MR) is 107 cm³/mol. The molecule has 0 unspecified atom stereocenters. The van der Waals surface area contributed by atoms with Crippen molar-refractivity contribution >= 4 is 17.5 Å². The molecule has 0 aliphatic carbocycles. The van der Waals surface area contributed by atoms with E-state index in [9.17, 15) is 9.59 Å². The SMILES string of the molecule is C[C@@H]1Oc2ccccc2N(CC(=O)N[C@@H](C)c2ccc(-n3cncn3)cc2)C1=O. The molecule has 0 saturated heterocycles. The van der Waals surface area contributed by atoms with Crippen LogP contribution in [0.3, 0.4) is 0 Å². The summed E-state index contributed by atoms with van der Waals surface area (Å²) in [6.07, 6.45) is 2.47. The Morgan fingerprint density at radius 1 is 1.21 bits per heavy atom. The van der Waals surface area contributed by atoms with Crippen LogP contribution < -0.4 is 15.0 Å². The van der Waals surface area contributed by atoms with Crippen LogP contribution in [0.25, 0.3) is 5.69 Å². The van der Waals surface area contributed by atoms with Gasteiger partial charge in [-0.15, -0.1) is 0 Å². The first-order valence-corrected chi connectivity index (χ1v) is 9.34. The molecule has 1 aliphatic rings. The molecule has 8 nitrogen and oxygen atoms in total. The fourth-order valence-corrected chi connectivity index (χ4v) is 3.29. The number of benzene rings is 2. The van der Waals surface area contributed by atoms with Crippen molar-refractivity contribution in [2.45, 2.75) is 26.0 Å². The highest BCUT2D eigenvalue weighted by molar-refractivity contribution is 6.03. The number of hydrogen-bond acceptors (Lipinski definition) is 5. The van der Waals surface area contributed by atoms with Crippen LogP contribution in [0, 0.1) is 0 Å². The van der Waals surface area contributed by atoms with E-state index in [4.69, 9.17) is 4.74 Å². The molecule has 2 amide bonds. The highest BCUT2D eigenvalue weighted by atomic mass is 16.5. The van der Waals surface area contributed by atoms with E-state index in [2.05, 4.69) is 15.4 Å². The van der Waals surface area contributed by atoms with Gasteiger partial charge in [0.25, 0.3) is 5.91 Å². The second kappa shape index (κ2) is 7.75. The highest BCUT2D eigenvalue weighted by Crippen LogP contribution is 2.33. The summed E-state index contributed by atoms with van der Waals surface area (Å²) < 4.78 is 7.28. The Kier molecular flexibility index (Phi) is 4.99. The van der Waals surface area contributed by atoms with Gasteiger partial charge in [-0.05, 0) is 43.7 Å². The van der Waals surface area contributed by atoms with Gasteiger partial charge in [0, 0.05) is 0 Å². The van der Waals surface area contributed by atoms with Crippen molar-refractivity contribution in [2.75, 3.05) is 11.4 Å². The molecule has 0 fully saturated rings. The van der Waals surface area contributed by atoms with Crippen molar-refractivity contribution in [2.24, 2.45) is 0 Å². The summed E-state index contributed by atoms with van der Waals surface area (Å²) in [6.45, 7) is 3.52. The average molecular weight is 391 g/mol. The van der Waals surface area contributed by atoms with E-state index in [1.54, 1.807) is 30.1 Å². The maximum absolute atomic E-state index is 12.6. The van der Waals surface area contributed by atoms with Crippen LogP contribution in [0.2, 0.25) is 0 Å². The molecule has 4 rings (SSSR count). The summed E-state index contributed by atoms with van der Waals surface area (Å²) in [5.41, 5.74) is 2.44. The molecule has 0 saturated carbocycles. The van der Waals surface area contributed by atoms with Crippen LogP contribution in [-0.2, 0) is 9.59 Å². The number of nitrogens with zero attached hydrogens (tertiary/aromatic N) is 4. The van der Waals surface area contributed by atoms with Crippen LogP contribution in [0.5, 0.6) is 5.75 Å². The van der Waals surface area contributed by atoms with Crippen LogP contribution in [0.15, 0.2) is 61.2 Å². The lowest BCUT2D eigenvalue weighted by atomic mass is 10.1. The quantitative estimate of drug-likeness (QED) is 0.721. The largest absolute Gasteiger partial charge is 0.479 e. The molecule has 148 valence electrons. The number of rotatable bonds is 5. The van der Waals surface area contributed by atoms with Crippen molar-refractivity contribution in [1.29, 1.82) is 0 Å². The molecule has 3 aromatic rings. The molecule has 0 spiro atoms. The molecular weight excluding hydrogens is 370 g/mol. The molecule has 0 bridgehead atoms. The van der Waals surface area contributed by atoms with Gasteiger partial charge in [-0.25, -0.2) is 9.67 Å². The first-order chi connectivity index (χ1) is 14.0. The number of ether oxygens (including phenoxy) is 1. The van der Waals surface area contributed by atoms with Crippen LogP contribution in [0.1, 0.15) is 25.5 Å². The van der Waals surface area contributed by atoms with Gasteiger partial charge in [-0.1, -0.05) is 24.3 Å². The van der Waals surface area contributed by atoms with Gasteiger partial charge in [0.2, 0.25) is 5.91 Å². The Bertz CT molecular complexity index is 1020. The van der Waals surface area contributed by atoms with Gasteiger partial charge in [-0.3, -0.25) is 14.5 Å². The van der Waals surface area contributed by atoms with Gasteiger partial charge < -0.3 is 10.1 Å². The van der Waals surface area contributed by atoms with Crippen molar-refractivity contribution in [1.82, 2.24) is 20.1 Å². The Balaban J connectivity index is 1.43. The minimum atomic E-state index is -0.626. The molecule has 29 heavy (non-hydrogen) atoms. The Labute approximate surface area is 168 Å². The Morgan fingerprint density at radius 2 is 1.97 bits per heavy atom. The number of para-hydroxylation sites is 2. The third kappa shape index (κ3) is 3.82. The van der Waals surface area contributed by atoms with E-state index in [1.165, 1.54) is 11.2 Å². The highest BCUT2D eigenvalue weighted by Gasteiger charge is 2.32. The summed E-state index contributed by atoms with van der Waals surface area (Å²) in [4.78, 5) is 30.6. The Hall–Kier alpha value is -3.68. The van der Waals surface area contributed by atoms with E-state index < -0.39 is 6.10 Å². The number of nitrogens with one attached hydrogen (secondary N) is 1. The number of hydrogen-bond donors (Lipinski definition) is 1. The normalized spacial score (nSPS) is 16.7. The number of anilines is 1. The average Bonchev–Trinajstić information content (AvgIpc) is 3.26. The minimum absolute atomic E-state index is 0.0646. The first-order valence-electron chi connectivity index (χ1n) is 9.34. The number of amides is 2. The van der Waals surface area contributed by atoms with Crippen LogP contribution >= 0.6 is 0 Å². The summed E-state index contributed by atoms with van der Waals surface area (Å²) in [5.74, 6) is 0.128. The second-order valence-corrected chi connectivity index (χ2v) is 6.87. The lowest BCUT2D eigenvalue weighted by molar-refractivity contribution is -0.128. The van der Waals surface area contributed by atoms with Gasteiger partial charge in [0.05, 0.1) is 17.4 Å². The van der Waals surface area contributed by atoms with Crippen molar-refractivity contribution in [3.63, 3.8) is 0 Å². The summed E-state index contributed by atoms with van der Waals surface area (Å²) in [6, 6.07) is 14.7. The van der Waals surface area contributed by atoms with E-state index >= 15 is 0 Å². The third-order valence-corrected chi connectivity index (χ3v) is 4.83. The number of carbonyl (C=O) groups is 2. The second-order valence-electron chi connectivity index (χ2n) is 6.87. The molecule has 0 radical (unpaired) electrons. The molecule has 8 heteroatoms. The predicted octanol–water partition coefficient (Wildman–Crippen LogP) is 2.26. The summed E-state index contributed by atoms with van der Waals surface area (Å²) in [7, 11) is 0. The number of carbonyl (C=O) groups excluding carboxylic acids is 2. The van der Waals surface area contributed by atoms with Gasteiger partial charge in [0.15, 0.2) is 6.10 Å². The number of aromatic nitrogens is 3.